The van der Waals surface area contributed by atoms with Crippen molar-refractivity contribution in [2.24, 2.45) is 5.73 Å². The molecule has 98 valence electrons. The summed E-state index contributed by atoms with van der Waals surface area (Å²) in [6.07, 6.45) is 1.94. The smallest absolute Gasteiger partial charge is 0.243 e. The van der Waals surface area contributed by atoms with Gasteiger partial charge in [0.05, 0.1) is 7.11 Å². The number of aromatic nitrogens is 2. The molecule has 5 nitrogen and oxygen atoms in total. The summed E-state index contributed by atoms with van der Waals surface area (Å²) in [6.45, 7) is 0.372. The van der Waals surface area contributed by atoms with E-state index < -0.39 is 0 Å². The van der Waals surface area contributed by atoms with Crippen molar-refractivity contribution in [1.29, 1.82) is 0 Å². The number of fused-ring (bicyclic) bond motifs is 1. The Bertz CT molecular complexity index is 705. The minimum absolute atomic E-state index is 0.372. The van der Waals surface area contributed by atoms with Gasteiger partial charge in [-0.3, -0.25) is 4.40 Å². The first kappa shape index (κ1) is 12.0. The molecule has 0 aliphatic heterocycles. The number of imidazole rings is 1. The van der Waals surface area contributed by atoms with Crippen LogP contribution in [0.2, 0.25) is 0 Å². The molecule has 3 rings (SSSR count). The van der Waals surface area contributed by atoms with Crippen molar-refractivity contribution in [3.63, 3.8) is 0 Å². The average molecular weight is 275 g/mol. The molecule has 2 N–H and O–H groups in total. The Morgan fingerprint density at radius 2 is 2.21 bits per heavy atom. The van der Waals surface area contributed by atoms with Crippen molar-refractivity contribution in [2.45, 2.75) is 6.54 Å². The second-order valence-corrected chi connectivity index (χ2v) is 4.78. The van der Waals surface area contributed by atoms with Gasteiger partial charge in [-0.05, 0) is 12.1 Å². The standard InChI is InChI=1S/C13H13N3O2S/c1-17-9-3-2-4-10(7-9)18-12-11(8-14)16-5-6-19-13(16)15-12/h2-7H,8,14H2,1H3. The van der Waals surface area contributed by atoms with E-state index in [0.717, 1.165) is 16.4 Å². The fourth-order valence-electron chi connectivity index (χ4n) is 1.86. The Kier molecular flexibility index (Phi) is 3.10. The number of benzene rings is 1. The number of ether oxygens (including phenoxy) is 2. The average Bonchev–Trinajstić information content (AvgIpc) is 2.99. The van der Waals surface area contributed by atoms with Crippen LogP contribution >= 0.6 is 11.3 Å². The molecule has 3 aromatic rings. The largest absolute Gasteiger partial charge is 0.497 e. The van der Waals surface area contributed by atoms with Crippen molar-refractivity contribution in [3.05, 3.63) is 41.5 Å². The minimum atomic E-state index is 0.372. The Balaban J connectivity index is 1.97. The Morgan fingerprint density at radius 3 is 3.00 bits per heavy atom. The minimum Gasteiger partial charge on any atom is -0.497 e. The molecule has 1 aromatic carbocycles. The normalized spacial score (nSPS) is 10.8. The van der Waals surface area contributed by atoms with E-state index in [4.69, 9.17) is 15.2 Å². The highest BCUT2D eigenvalue weighted by molar-refractivity contribution is 7.15. The van der Waals surface area contributed by atoms with Gasteiger partial charge in [0.1, 0.15) is 17.2 Å². The van der Waals surface area contributed by atoms with E-state index in [1.165, 1.54) is 0 Å². The fourth-order valence-corrected chi connectivity index (χ4v) is 2.58. The lowest BCUT2D eigenvalue weighted by Gasteiger charge is -2.06. The molecule has 0 radical (unpaired) electrons. The molecule has 2 heterocycles. The molecule has 0 saturated carbocycles. The summed E-state index contributed by atoms with van der Waals surface area (Å²) in [5.74, 6) is 1.97. The van der Waals surface area contributed by atoms with Crippen molar-refractivity contribution in [1.82, 2.24) is 9.38 Å². The molecule has 6 heteroatoms. The van der Waals surface area contributed by atoms with Gasteiger partial charge in [0.2, 0.25) is 5.88 Å². The van der Waals surface area contributed by atoms with Crippen molar-refractivity contribution < 1.29 is 9.47 Å². The molecule has 0 unspecified atom stereocenters. The van der Waals surface area contributed by atoms with Crippen LogP contribution in [0.5, 0.6) is 17.4 Å². The molecule has 0 fully saturated rings. The van der Waals surface area contributed by atoms with Gasteiger partial charge in [-0.15, -0.1) is 11.3 Å². The van der Waals surface area contributed by atoms with Gasteiger partial charge in [-0.25, -0.2) is 0 Å². The SMILES string of the molecule is COc1cccc(Oc2nc3sccn3c2CN)c1. The molecule has 0 amide bonds. The van der Waals surface area contributed by atoms with Crippen LogP contribution in [0, 0.1) is 0 Å². The number of nitrogens with zero attached hydrogens (tertiary/aromatic N) is 2. The highest BCUT2D eigenvalue weighted by atomic mass is 32.1. The molecule has 19 heavy (non-hydrogen) atoms. The predicted molar refractivity (Wildman–Crippen MR) is 74.0 cm³/mol. The van der Waals surface area contributed by atoms with E-state index in [2.05, 4.69) is 4.98 Å². The Morgan fingerprint density at radius 1 is 1.37 bits per heavy atom. The summed E-state index contributed by atoms with van der Waals surface area (Å²) in [5.41, 5.74) is 6.63. The first-order chi connectivity index (χ1) is 9.31. The predicted octanol–water partition coefficient (Wildman–Crippen LogP) is 2.66. The van der Waals surface area contributed by atoms with Crippen molar-refractivity contribution in [3.8, 4) is 17.4 Å². The zero-order chi connectivity index (χ0) is 13.2. The van der Waals surface area contributed by atoms with E-state index >= 15 is 0 Å². The number of methoxy groups -OCH3 is 1. The first-order valence-electron chi connectivity index (χ1n) is 5.78. The van der Waals surface area contributed by atoms with Crippen LogP contribution in [0.25, 0.3) is 4.96 Å². The zero-order valence-electron chi connectivity index (χ0n) is 10.4. The maximum Gasteiger partial charge on any atom is 0.243 e. The van der Waals surface area contributed by atoms with Gasteiger partial charge in [0.25, 0.3) is 0 Å². The number of hydrogen-bond donors (Lipinski definition) is 1. The summed E-state index contributed by atoms with van der Waals surface area (Å²) in [5, 5.41) is 1.97. The number of hydrogen-bond acceptors (Lipinski definition) is 5. The van der Waals surface area contributed by atoms with Crippen molar-refractivity contribution in [2.75, 3.05) is 7.11 Å². The summed E-state index contributed by atoms with van der Waals surface area (Å²) in [7, 11) is 1.62. The molecule has 0 saturated heterocycles. The lowest BCUT2D eigenvalue weighted by atomic mass is 10.3. The van der Waals surface area contributed by atoms with Crippen LogP contribution < -0.4 is 15.2 Å². The fraction of sp³-hybridized carbons (Fsp3) is 0.154. The Hall–Kier alpha value is -2.05. The van der Waals surface area contributed by atoms with Crippen LogP contribution in [0.4, 0.5) is 0 Å². The molecule has 0 aliphatic carbocycles. The molecular formula is C13H13N3O2S. The van der Waals surface area contributed by atoms with Crippen LogP contribution in [-0.2, 0) is 6.54 Å². The molecule has 0 atom stereocenters. The first-order valence-corrected chi connectivity index (χ1v) is 6.66. The van der Waals surface area contributed by atoms with Gasteiger partial charge in [-0.1, -0.05) is 6.07 Å². The Labute approximate surface area is 114 Å². The molecule has 0 bridgehead atoms. The third-order valence-corrected chi connectivity index (χ3v) is 3.53. The van der Waals surface area contributed by atoms with E-state index in [1.54, 1.807) is 18.4 Å². The quantitative estimate of drug-likeness (QED) is 0.795. The summed E-state index contributed by atoms with van der Waals surface area (Å²) >= 11 is 1.55. The summed E-state index contributed by atoms with van der Waals surface area (Å²) < 4.78 is 12.9. The third kappa shape index (κ3) is 2.16. The van der Waals surface area contributed by atoms with E-state index in [-0.39, 0.29) is 0 Å². The lowest BCUT2D eigenvalue weighted by molar-refractivity contribution is 0.407. The molecule has 0 spiro atoms. The number of thiazole rings is 1. The second kappa shape index (κ2) is 4.91. The summed E-state index contributed by atoms with van der Waals surface area (Å²) in [6, 6.07) is 7.40. The van der Waals surface area contributed by atoms with Crippen LogP contribution in [0.15, 0.2) is 35.8 Å². The lowest BCUT2D eigenvalue weighted by Crippen LogP contribution is -2.01. The van der Waals surface area contributed by atoms with Gasteiger partial charge in [-0.2, -0.15) is 4.98 Å². The van der Waals surface area contributed by atoms with E-state index in [9.17, 15) is 0 Å². The highest BCUT2D eigenvalue weighted by Crippen LogP contribution is 2.29. The van der Waals surface area contributed by atoms with Crippen molar-refractivity contribution >= 4 is 16.3 Å². The highest BCUT2D eigenvalue weighted by Gasteiger charge is 2.13. The van der Waals surface area contributed by atoms with Crippen LogP contribution in [-0.4, -0.2) is 16.5 Å². The third-order valence-electron chi connectivity index (χ3n) is 2.77. The zero-order valence-corrected chi connectivity index (χ0v) is 11.2. The maximum atomic E-state index is 5.80. The van der Waals surface area contributed by atoms with Crippen LogP contribution in [0.3, 0.4) is 0 Å². The molecule has 2 aromatic heterocycles. The number of nitrogens with two attached hydrogens (primary N) is 1. The molecular weight excluding hydrogens is 262 g/mol. The number of rotatable bonds is 4. The molecule has 0 aliphatic rings. The van der Waals surface area contributed by atoms with Gasteiger partial charge in [0, 0.05) is 24.2 Å². The van der Waals surface area contributed by atoms with E-state index in [0.29, 0.717) is 18.2 Å². The van der Waals surface area contributed by atoms with Gasteiger partial charge < -0.3 is 15.2 Å². The van der Waals surface area contributed by atoms with Gasteiger partial charge in [0.15, 0.2) is 4.96 Å². The van der Waals surface area contributed by atoms with E-state index in [1.807, 2.05) is 40.2 Å². The topological polar surface area (TPSA) is 61.8 Å². The monoisotopic (exact) mass is 275 g/mol. The van der Waals surface area contributed by atoms with Gasteiger partial charge >= 0.3 is 0 Å². The van der Waals surface area contributed by atoms with Crippen LogP contribution in [0.1, 0.15) is 5.69 Å². The summed E-state index contributed by atoms with van der Waals surface area (Å²) in [4.78, 5) is 5.31. The maximum absolute atomic E-state index is 5.80. The second-order valence-electron chi connectivity index (χ2n) is 3.90.